The van der Waals surface area contributed by atoms with Crippen LogP contribution in [-0.4, -0.2) is 50.1 Å². The van der Waals surface area contributed by atoms with Crippen molar-refractivity contribution in [3.8, 4) is 0 Å². The molecular formula is C15H31N3O. The topological polar surface area (TPSA) is 44.4 Å². The predicted octanol–water partition coefficient (Wildman–Crippen LogP) is 1.47. The zero-order valence-electron chi connectivity index (χ0n) is 13.0. The van der Waals surface area contributed by atoms with E-state index < -0.39 is 0 Å². The third-order valence-corrected chi connectivity index (χ3v) is 4.18. The smallest absolute Gasteiger partial charge is 0.234 e. The first-order chi connectivity index (χ1) is 8.99. The summed E-state index contributed by atoms with van der Waals surface area (Å²) in [6.07, 6.45) is 3.78. The van der Waals surface area contributed by atoms with Gasteiger partial charge in [0.05, 0.1) is 6.54 Å². The Kier molecular flexibility index (Phi) is 7.39. The molecule has 4 heteroatoms. The normalized spacial score (nSPS) is 18.8. The zero-order chi connectivity index (χ0) is 14.3. The van der Waals surface area contributed by atoms with Gasteiger partial charge in [0.15, 0.2) is 0 Å². The second-order valence-electron chi connectivity index (χ2n) is 6.32. The number of carbonyl (C=O) groups is 1. The van der Waals surface area contributed by atoms with Crippen LogP contribution in [0.15, 0.2) is 0 Å². The predicted molar refractivity (Wildman–Crippen MR) is 80.2 cm³/mol. The average Bonchev–Trinajstić information content (AvgIpc) is 2.37. The van der Waals surface area contributed by atoms with Gasteiger partial charge in [-0.2, -0.15) is 0 Å². The van der Waals surface area contributed by atoms with E-state index in [9.17, 15) is 4.79 Å². The minimum atomic E-state index is 0.147. The highest BCUT2D eigenvalue weighted by atomic mass is 16.2. The molecule has 2 N–H and O–H groups in total. The van der Waals surface area contributed by atoms with Crippen LogP contribution in [0.25, 0.3) is 0 Å². The first kappa shape index (κ1) is 16.4. The van der Waals surface area contributed by atoms with Gasteiger partial charge in [-0.05, 0) is 64.7 Å². The fourth-order valence-corrected chi connectivity index (χ4v) is 2.36. The van der Waals surface area contributed by atoms with E-state index in [1.165, 1.54) is 19.3 Å². The Bertz CT molecular complexity index is 262. The number of nitrogens with zero attached hydrogens (tertiary/aromatic N) is 1. The van der Waals surface area contributed by atoms with Gasteiger partial charge in [0.2, 0.25) is 5.91 Å². The molecule has 0 spiro atoms. The maximum atomic E-state index is 11.9. The van der Waals surface area contributed by atoms with Crippen LogP contribution >= 0.6 is 0 Å². The van der Waals surface area contributed by atoms with E-state index in [2.05, 4.69) is 36.3 Å². The van der Waals surface area contributed by atoms with Crippen molar-refractivity contribution in [2.24, 2.45) is 11.8 Å². The summed E-state index contributed by atoms with van der Waals surface area (Å²) in [6, 6.07) is 0.255. The van der Waals surface area contributed by atoms with Gasteiger partial charge >= 0.3 is 0 Å². The summed E-state index contributed by atoms with van der Waals surface area (Å²) in [5, 5.41) is 6.45. The molecule has 0 saturated carbocycles. The lowest BCUT2D eigenvalue weighted by atomic mass is 9.94. The second-order valence-corrected chi connectivity index (χ2v) is 6.32. The van der Waals surface area contributed by atoms with Gasteiger partial charge in [-0.15, -0.1) is 0 Å². The maximum Gasteiger partial charge on any atom is 0.234 e. The second kappa shape index (κ2) is 8.54. The minimum absolute atomic E-state index is 0.147. The highest BCUT2D eigenvalue weighted by molar-refractivity contribution is 5.78. The van der Waals surface area contributed by atoms with Crippen LogP contribution in [0, 0.1) is 11.8 Å². The lowest BCUT2D eigenvalue weighted by molar-refractivity contribution is -0.122. The number of likely N-dealkylation sites (N-methyl/N-ethyl adjacent to an activating group) is 1. The monoisotopic (exact) mass is 269 g/mol. The number of piperidine rings is 1. The zero-order valence-corrected chi connectivity index (χ0v) is 13.0. The molecule has 1 unspecified atom stereocenters. The lowest BCUT2D eigenvalue weighted by Gasteiger charge is -2.25. The number of hydrogen-bond donors (Lipinski definition) is 2. The fraction of sp³-hybridized carbons (Fsp3) is 0.933. The molecule has 4 nitrogen and oxygen atoms in total. The van der Waals surface area contributed by atoms with E-state index in [1.807, 2.05) is 7.05 Å². The summed E-state index contributed by atoms with van der Waals surface area (Å²) in [4.78, 5) is 14.0. The van der Waals surface area contributed by atoms with Crippen molar-refractivity contribution in [1.82, 2.24) is 15.5 Å². The largest absolute Gasteiger partial charge is 0.352 e. The molecule has 1 aliphatic rings. The van der Waals surface area contributed by atoms with Gasteiger partial charge in [0, 0.05) is 6.04 Å². The van der Waals surface area contributed by atoms with Gasteiger partial charge in [-0.25, -0.2) is 0 Å². The van der Waals surface area contributed by atoms with E-state index >= 15 is 0 Å². The molecule has 0 aliphatic carbocycles. The van der Waals surface area contributed by atoms with E-state index in [4.69, 9.17) is 0 Å². The van der Waals surface area contributed by atoms with Crippen LogP contribution in [0.4, 0.5) is 0 Å². The SMILES string of the molecule is CC(C)C(C)NC(=O)CN(C)CCC1CCNCC1. The minimum Gasteiger partial charge on any atom is -0.352 e. The van der Waals surface area contributed by atoms with Crippen molar-refractivity contribution in [1.29, 1.82) is 0 Å². The highest BCUT2D eigenvalue weighted by Gasteiger charge is 2.15. The Morgan fingerprint density at radius 1 is 1.32 bits per heavy atom. The summed E-state index contributed by atoms with van der Waals surface area (Å²) in [6.45, 7) is 10.2. The average molecular weight is 269 g/mol. The molecule has 19 heavy (non-hydrogen) atoms. The van der Waals surface area contributed by atoms with Gasteiger partial charge in [-0.3, -0.25) is 9.69 Å². The molecule has 0 bridgehead atoms. The number of rotatable bonds is 7. The summed E-state index contributed by atoms with van der Waals surface area (Å²) in [5.41, 5.74) is 0. The quantitative estimate of drug-likeness (QED) is 0.735. The molecule has 1 amide bonds. The van der Waals surface area contributed by atoms with Crippen LogP contribution in [0.1, 0.15) is 40.0 Å². The van der Waals surface area contributed by atoms with Gasteiger partial charge in [-0.1, -0.05) is 13.8 Å². The Hall–Kier alpha value is -0.610. The summed E-state index contributed by atoms with van der Waals surface area (Å²) >= 11 is 0. The van der Waals surface area contributed by atoms with Crippen LogP contribution < -0.4 is 10.6 Å². The molecule has 0 radical (unpaired) electrons. The van der Waals surface area contributed by atoms with Crippen molar-refractivity contribution in [2.45, 2.75) is 46.1 Å². The van der Waals surface area contributed by atoms with Crippen LogP contribution in [-0.2, 0) is 4.79 Å². The molecular weight excluding hydrogens is 238 g/mol. The third kappa shape index (κ3) is 6.92. The molecule has 1 fully saturated rings. The van der Waals surface area contributed by atoms with Crippen molar-refractivity contribution in [3.63, 3.8) is 0 Å². The van der Waals surface area contributed by atoms with E-state index in [0.29, 0.717) is 12.5 Å². The first-order valence-corrected chi connectivity index (χ1v) is 7.67. The van der Waals surface area contributed by atoms with Crippen LogP contribution in [0.3, 0.4) is 0 Å². The number of carbonyl (C=O) groups excluding carboxylic acids is 1. The molecule has 1 heterocycles. The van der Waals surface area contributed by atoms with E-state index in [-0.39, 0.29) is 11.9 Å². The Balaban J connectivity index is 2.15. The fourth-order valence-electron chi connectivity index (χ4n) is 2.36. The molecule has 0 aromatic heterocycles. The molecule has 1 saturated heterocycles. The lowest BCUT2D eigenvalue weighted by Crippen LogP contribution is -2.42. The first-order valence-electron chi connectivity index (χ1n) is 7.67. The summed E-state index contributed by atoms with van der Waals surface area (Å²) < 4.78 is 0. The number of hydrogen-bond acceptors (Lipinski definition) is 3. The third-order valence-electron chi connectivity index (χ3n) is 4.18. The van der Waals surface area contributed by atoms with Crippen LogP contribution in [0.5, 0.6) is 0 Å². The van der Waals surface area contributed by atoms with Crippen LogP contribution in [0.2, 0.25) is 0 Å². The molecule has 1 atom stereocenters. The van der Waals surface area contributed by atoms with Crippen molar-refractivity contribution in [2.75, 3.05) is 33.2 Å². The molecule has 112 valence electrons. The number of nitrogens with one attached hydrogen (secondary N) is 2. The van der Waals surface area contributed by atoms with Gasteiger partial charge in [0.1, 0.15) is 0 Å². The van der Waals surface area contributed by atoms with Crippen molar-refractivity contribution in [3.05, 3.63) is 0 Å². The molecule has 1 rings (SSSR count). The Morgan fingerprint density at radius 3 is 2.53 bits per heavy atom. The van der Waals surface area contributed by atoms with Gasteiger partial charge in [0.25, 0.3) is 0 Å². The maximum absolute atomic E-state index is 11.9. The Morgan fingerprint density at radius 2 is 1.95 bits per heavy atom. The number of amides is 1. The molecule has 0 aromatic carbocycles. The summed E-state index contributed by atoms with van der Waals surface area (Å²) in [7, 11) is 2.04. The van der Waals surface area contributed by atoms with E-state index in [1.54, 1.807) is 0 Å². The van der Waals surface area contributed by atoms with Crippen molar-refractivity contribution < 1.29 is 4.79 Å². The Labute approximate surface area is 118 Å². The standard InChI is InChI=1S/C15H31N3O/c1-12(2)13(3)17-15(19)11-18(4)10-7-14-5-8-16-9-6-14/h12-14,16H,5-11H2,1-4H3,(H,17,19). The van der Waals surface area contributed by atoms with Gasteiger partial charge < -0.3 is 10.6 Å². The van der Waals surface area contributed by atoms with Crippen molar-refractivity contribution >= 4 is 5.91 Å². The molecule has 0 aromatic rings. The summed E-state index contributed by atoms with van der Waals surface area (Å²) in [5.74, 6) is 1.47. The molecule has 1 aliphatic heterocycles. The van der Waals surface area contributed by atoms with E-state index in [0.717, 1.165) is 25.6 Å². The highest BCUT2D eigenvalue weighted by Crippen LogP contribution is 2.15.